The van der Waals surface area contributed by atoms with Crippen molar-refractivity contribution >= 4 is 34.5 Å². The third-order valence-corrected chi connectivity index (χ3v) is 8.70. The highest BCUT2D eigenvalue weighted by molar-refractivity contribution is 6.11. The fourth-order valence-electron chi connectivity index (χ4n) is 6.42. The molecule has 2 heteroatoms. The van der Waals surface area contributed by atoms with Crippen molar-refractivity contribution < 1.29 is 0 Å². The van der Waals surface area contributed by atoms with E-state index in [0.717, 1.165) is 47.4 Å². The molecule has 1 heterocycles. The Bertz CT molecular complexity index is 2170. The van der Waals surface area contributed by atoms with E-state index < -0.39 is 0 Å². The van der Waals surface area contributed by atoms with Crippen molar-refractivity contribution in [1.82, 2.24) is 4.98 Å². The first-order valence-electron chi connectivity index (χ1n) is 14.8. The number of hydrogen-bond donors (Lipinski definition) is 0. The molecule has 0 fully saturated rings. The van der Waals surface area contributed by atoms with Crippen LogP contribution in [0.1, 0.15) is 29.5 Å². The second kappa shape index (κ2) is 10.1. The Balaban J connectivity index is 1.14. The van der Waals surface area contributed by atoms with Crippen molar-refractivity contribution in [2.45, 2.75) is 26.2 Å². The number of rotatable bonds is 3. The molecule has 0 saturated carbocycles. The van der Waals surface area contributed by atoms with Crippen LogP contribution >= 0.6 is 0 Å². The molecule has 0 bridgehead atoms. The van der Waals surface area contributed by atoms with Gasteiger partial charge in [-0.3, -0.25) is 4.99 Å². The van der Waals surface area contributed by atoms with Crippen molar-refractivity contribution in [2.75, 3.05) is 0 Å². The first kappa shape index (κ1) is 24.7. The topological polar surface area (TPSA) is 25.2 Å². The molecule has 6 aromatic rings. The number of aliphatic imine (C=N–C) groups is 1. The van der Waals surface area contributed by atoms with E-state index in [1.165, 1.54) is 54.8 Å². The quantitative estimate of drug-likeness (QED) is 0.222. The Morgan fingerprint density at radius 3 is 2.21 bits per heavy atom. The van der Waals surface area contributed by atoms with Crippen molar-refractivity contribution in [1.29, 1.82) is 0 Å². The Hall–Kier alpha value is -5.08. The maximum Gasteiger partial charge on any atom is 0.0784 e. The predicted octanol–water partition coefficient (Wildman–Crippen LogP) is 8.58. The second-order valence-corrected chi connectivity index (χ2v) is 11.3. The maximum absolute atomic E-state index is 5.27. The van der Waals surface area contributed by atoms with E-state index in [0.29, 0.717) is 0 Å². The van der Waals surface area contributed by atoms with E-state index in [1.807, 2.05) is 0 Å². The van der Waals surface area contributed by atoms with E-state index >= 15 is 0 Å². The van der Waals surface area contributed by atoms with Gasteiger partial charge in [0.25, 0.3) is 0 Å². The fourth-order valence-corrected chi connectivity index (χ4v) is 6.42. The smallest absolute Gasteiger partial charge is 0.0784 e. The Morgan fingerprint density at radius 1 is 0.619 bits per heavy atom. The minimum atomic E-state index is 0.837. The Labute approximate surface area is 246 Å². The van der Waals surface area contributed by atoms with Crippen molar-refractivity contribution in [3.8, 4) is 33.5 Å². The van der Waals surface area contributed by atoms with Crippen LogP contribution in [0.4, 0.5) is 5.69 Å². The minimum absolute atomic E-state index is 0.837. The molecule has 200 valence electrons. The molecular weight excluding hydrogens is 508 g/mol. The largest absolute Gasteiger partial charge is 0.252 e. The summed E-state index contributed by atoms with van der Waals surface area (Å²) in [6, 6.07) is 41.5. The van der Waals surface area contributed by atoms with Gasteiger partial charge in [0, 0.05) is 28.2 Å². The molecule has 0 N–H and O–H groups in total. The summed E-state index contributed by atoms with van der Waals surface area (Å²) in [5, 5.41) is 3.77. The lowest BCUT2D eigenvalue weighted by atomic mass is 9.84. The van der Waals surface area contributed by atoms with Crippen LogP contribution in [0.15, 0.2) is 120 Å². The van der Waals surface area contributed by atoms with Gasteiger partial charge in [-0.25, -0.2) is 4.98 Å². The molecule has 0 unspecified atom stereocenters. The van der Waals surface area contributed by atoms with Gasteiger partial charge in [-0.05, 0) is 70.5 Å². The van der Waals surface area contributed by atoms with Crippen LogP contribution in [0.3, 0.4) is 0 Å². The lowest BCUT2D eigenvalue weighted by molar-refractivity contribution is 1.12. The number of aromatic nitrogens is 1. The van der Waals surface area contributed by atoms with E-state index in [1.54, 1.807) is 0 Å². The summed E-state index contributed by atoms with van der Waals surface area (Å²) in [7, 11) is 0. The SMILES string of the molecule is Cc1ccc(-c2ccc(-c3ccc4ccc5c(c4n3)=CCCC=5)cc2)cc1N=C1Cc2ccccc2-c2ccccc21. The van der Waals surface area contributed by atoms with Gasteiger partial charge < -0.3 is 0 Å². The standard InChI is InChI=1S/C40H30N2/c1-26-14-15-31(24-38(26)41-39-25-32-9-3-4-10-33(32)35-12-6-7-13-36(35)39)27-16-19-29(20-17-27)37-23-22-30-21-18-28-8-2-5-11-34(28)40(30)42-37/h3-4,6-24H,2,5,25H2,1H3. The van der Waals surface area contributed by atoms with Crippen LogP contribution in [0.2, 0.25) is 0 Å². The number of nitrogens with zero attached hydrogens (tertiary/aromatic N) is 2. The molecule has 42 heavy (non-hydrogen) atoms. The molecule has 2 aliphatic carbocycles. The Kier molecular flexibility index (Phi) is 5.93. The second-order valence-electron chi connectivity index (χ2n) is 11.3. The van der Waals surface area contributed by atoms with Crippen LogP contribution in [0.25, 0.3) is 56.6 Å². The van der Waals surface area contributed by atoms with E-state index in [2.05, 4.69) is 134 Å². The first-order valence-corrected chi connectivity index (χ1v) is 14.8. The molecule has 0 saturated heterocycles. The highest BCUT2D eigenvalue weighted by atomic mass is 14.8. The molecule has 0 aliphatic heterocycles. The van der Waals surface area contributed by atoms with Crippen LogP contribution < -0.4 is 10.4 Å². The number of pyridine rings is 1. The fraction of sp³-hybridized carbons (Fsp3) is 0.100. The normalized spacial score (nSPS) is 14.5. The molecule has 1 aromatic heterocycles. The summed E-state index contributed by atoms with van der Waals surface area (Å²) in [6.45, 7) is 2.15. The van der Waals surface area contributed by atoms with Crippen molar-refractivity contribution in [3.05, 3.63) is 142 Å². The lowest BCUT2D eigenvalue weighted by Crippen LogP contribution is -2.27. The average Bonchev–Trinajstić information content (AvgIpc) is 3.05. The van der Waals surface area contributed by atoms with Crippen LogP contribution in [0.5, 0.6) is 0 Å². The van der Waals surface area contributed by atoms with Crippen molar-refractivity contribution in [2.24, 2.45) is 4.99 Å². The van der Waals surface area contributed by atoms with Gasteiger partial charge in [-0.1, -0.05) is 115 Å². The molecule has 2 aliphatic rings. The van der Waals surface area contributed by atoms with E-state index in [-0.39, 0.29) is 0 Å². The third kappa shape index (κ3) is 4.28. The average molecular weight is 539 g/mol. The summed E-state index contributed by atoms with van der Waals surface area (Å²) in [6.07, 6.45) is 7.68. The summed E-state index contributed by atoms with van der Waals surface area (Å²) >= 11 is 0. The monoisotopic (exact) mass is 538 g/mol. The minimum Gasteiger partial charge on any atom is -0.252 e. The van der Waals surface area contributed by atoms with Gasteiger partial charge in [-0.2, -0.15) is 0 Å². The van der Waals surface area contributed by atoms with Gasteiger partial charge in [0.15, 0.2) is 0 Å². The van der Waals surface area contributed by atoms with Crippen molar-refractivity contribution in [3.63, 3.8) is 0 Å². The highest BCUT2D eigenvalue weighted by Gasteiger charge is 2.20. The zero-order valence-corrected chi connectivity index (χ0v) is 23.6. The zero-order chi connectivity index (χ0) is 28.0. The van der Waals surface area contributed by atoms with Crippen LogP contribution in [0, 0.1) is 6.92 Å². The Morgan fingerprint density at radius 2 is 1.33 bits per heavy atom. The molecule has 2 nitrogen and oxygen atoms in total. The highest BCUT2D eigenvalue weighted by Crippen LogP contribution is 2.36. The third-order valence-electron chi connectivity index (χ3n) is 8.70. The number of hydrogen-bond acceptors (Lipinski definition) is 2. The van der Waals surface area contributed by atoms with Gasteiger partial charge in [0.1, 0.15) is 0 Å². The lowest BCUT2D eigenvalue weighted by Gasteiger charge is -2.21. The molecule has 5 aromatic carbocycles. The van der Waals surface area contributed by atoms with E-state index in [4.69, 9.17) is 9.98 Å². The molecule has 0 atom stereocenters. The van der Waals surface area contributed by atoms with Gasteiger partial charge in [-0.15, -0.1) is 0 Å². The molecule has 8 rings (SSSR count). The van der Waals surface area contributed by atoms with Gasteiger partial charge >= 0.3 is 0 Å². The number of aryl methyl sites for hydroxylation is 1. The predicted molar refractivity (Wildman–Crippen MR) is 177 cm³/mol. The molecular formula is C40H30N2. The van der Waals surface area contributed by atoms with Gasteiger partial charge in [0.05, 0.1) is 22.6 Å². The molecule has 0 radical (unpaired) electrons. The molecule has 0 spiro atoms. The maximum atomic E-state index is 5.27. The summed E-state index contributed by atoms with van der Waals surface area (Å²) in [5.74, 6) is 0. The summed E-state index contributed by atoms with van der Waals surface area (Å²) in [4.78, 5) is 10.4. The zero-order valence-electron chi connectivity index (χ0n) is 23.6. The number of benzene rings is 5. The van der Waals surface area contributed by atoms with Crippen LogP contribution in [-0.4, -0.2) is 10.7 Å². The summed E-state index contributed by atoms with van der Waals surface area (Å²) < 4.78 is 0. The number of fused-ring (bicyclic) bond motifs is 6. The summed E-state index contributed by atoms with van der Waals surface area (Å²) in [5.41, 5.74) is 14.0. The van der Waals surface area contributed by atoms with Gasteiger partial charge in [0.2, 0.25) is 0 Å². The van der Waals surface area contributed by atoms with E-state index in [9.17, 15) is 0 Å². The van der Waals surface area contributed by atoms with Crippen LogP contribution in [-0.2, 0) is 6.42 Å². The first-order chi connectivity index (χ1) is 20.7. The molecule has 0 amide bonds.